The van der Waals surface area contributed by atoms with E-state index in [9.17, 15) is 0 Å². The molecule has 0 fully saturated rings. The third kappa shape index (κ3) is 16.7. The smallest absolute Gasteiger partial charge is 0.139 e. The van der Waals surface area contributed by atoms with Crippen LogP contribution in [0.3, 0.4) is 0 Å². The van der Waals surface area contributed by atoms with Crippen LogP contribution in [0.1, 0.15) is 83.5 Å². The maximum absolute atomic E-state index is 8.57. The molecule has 0 aromatic carbocycles. The van der Waals surface area contributed by atoms with Crippen molar-refractivity contribution >= 4 is 6.71 Å². The molecule has 0 rings (SSSR count). The van der Waals surface area contributed by atoms with E-state index in [1.165, 1.54) is 63.9 Å². The molecule has 0 saturated heterocycles. The minimum atomic E-state index is 0.692. The van der Waals surface area contributed by atoms with E-state index < -0.39 is 0 Å². The Morgan fingerprint density at radius 3 is 1.09 bits per heavy atom. The molecular weight excluding hydrogens is 281 g/mol. The van der Waals surface area contributed by atoms with Crippen LogP contribution in [0.5, 0.6) is 0 Å². The summed E-state index contributed by atoms with van der Waals surface area (Å²) in [4.78, 5) is 0. The lowest BCUT2D eigenvalue weighted by molar-refractivity contribution is 0.667. The lowest BCUT2D eigenvalue weighted by atomic mass is 9.41. The quantitative estimate of drug-likeness (QED) is 0.254. The van der Waals surface area contributed by atoms with Gasteiger partial charge in [0.25, 0.3) is 0 Å². The van der Waals surface area contributed by atoms with E-state index in [1.54, 1.807) is 0 Å². The van der Waals surface area contributed by atoms with E-state index in [2.05, 4.69) is 18.2 Å². The van der Waals surface area contributed by atoms with Gasteiger partial charge in [-0.2, -0.15) is 15.8 Å². The van der Waals surface area contributed by atoms with E-state index in [1.807, 2.05) is 0 Å². The van der Waals surface area contributed by atoms with E-state index in [-0.39, 0.29) is 0 Å². The molecule has 4 heteroatoms. The molecule has 0 aromatic heterocycles. The standard InChI is InChI=1S/C19H32BN3/c21-17-11-5-1-2-8-14-20(15-9-3-6-12-18-22)16-10-4-7-13-19-23/h1-16H2. The van der Waals surface area contributed by atoms with Crippen LogP contribution in [0.2, 0.25) is 19.0 Å². The van der Waals surface area contributed by atoms with Crippen LogP contribution in [0, 0.1) is 34.0 Å². The van der Waals surface area contributed by atoms with Crippen molar-refractivity contribution in [3.05, 3.63) is 0 Å². The fraction of sp³-hybridized carbons (Fsp3) is 0.842. The van der Waals surface area contributed by atoms with Gasteiger partial charge in [-0.25, -0.2) is 0 Å². The second-order valence-corrected chi connectivity index (χ2v) is 6.49. The Balaban J connectivity index is 3.80. The van der Waals surface area contributed by atoms with Crippen molar-refractivity contribution in [3.63, 3.8) is 0 Å². The van der Waals surface area contributed by atoms with Crippen LogP contribution < -0.4 is 0 Å². The number of nitrogens with zero attached hydrogens (tertiary/aromatic N) is 3. The lowest BCUT2D eigenvalue weighted by Crippen LogP contribution is -2.12. The van der Waals surface area contributed by atoms with E-state index in [0.29, 0.717) is 19.3 Å². The highest BCUT2D eigenvalue weighted by Gasteiger charge is 2.12. The molecule has 0 aliphatic heterocycles. The zero-order valence-electron chi connectivity index (χ0n) is 14.7. The predicted octanol–water partition coefficient (Wildman–Crippen LogP) is 6.12. The topological polar surface area (TPSA) is 71.4 Å². The molecule has 0 saturated carbocycles. The van der Waals surface area contributed by atoms with Crippen molar-refractivity contribution in [1.82, 2.24) is 0 Å². The molecule has 0 unspecified atom stereocenters. The number of unbranched alkanes of at least 4 members (excludes halogenated alkanes) is 10. The van der Waals surface area contributed by atoms with Gasteiger partial charge in [0.05, 0.1) is 18.2 Å². The van der Waals surface area contributed by atoms with Crippen molar-refractivity contribution < 1.29 is 0 Å². The summed E-state index contributed by atoms with van der Waals surface area (Å²) in [6.45, 7) is 0.815. The average molecular weight is 313 g/mol. The third-order valence-electron chi connectivity index (χ3n) is 4.45. The van der Waals surface area contributed by atoms with Gasteiger partial charge in [0.15, 0.2) is 0 Å². The maximum Gasteiger partial charge on any atom is 0.139 e. The molecule has 0 atom stereocenters. The van der Waals surface area contributed by atoms with Gasteiger partial charge in [0.2, 0.25) is 0 Å². The summed E-state index contributed by atoms with van der Waals surface area (Å²) in [7, 11) is 0. The first kappa shape index (κ1) is 21.5. The molecule has 0 bridgehead atoms. The molecule has 0 aromatic rings. The van der Waals surface area contributed by atoms with E-state index in [0.717, 1.165) is 26.0 Å². The Hall–Kier alpha value is -1.47. The third-order valence-corrected chi connectivity index (χ3v) is 4.45. The molecule has 0 spiro atoms. The Morgan fingerprint density at radius 2 is 0.739 bits per heavy atom. The van der Waals surface area contributed by atoms with Gasteiger partial charge < -0.3 is 0 Å². The van der Waals surface area contributed by atoms with Crippen LogP contribution in [-0.2, 0) is 0 Å². The van der Waals surface area contributed by atoms with Crippen LogP contribution in [-0.4, -0.2) is 6.71 Å². The number of rotatable bonds is 16. The first-order valence-electron chi connectivity index (χ1n) is 9.46. The van der Waals surface area contributed by atoms with Gasteiger partial charge >= 0.3 is 0 Å². The summed E-state index contributed by atoms with van der Waals surface area (Å²) >= 11 is 0. The predicted molar refractivity (Wildman–Crippen MR) is 97.0 cm³/mol. The molecule has 0 aliphatic carbocycles. The Bertz CT molecular complexity index is 352. The van der Waals surface area contributed by atoms with Crippen molar-refractivity contribution in [3.8, 4) is 18.2 Å². The second-order valence-electron chi connectivity index (χ2n) is 6.49. The second kappa shape index (κ2) is 18.6. The van der Waals surface area contributed by atoms with Crippen LogP contribution in [0.15, 0.2) is 0 Å². The van der Waals surface area contributed by atoms with Gasteiger partial charge in [-0.15, -0.1) is 0 Å². The molecular formula is C19H32BN3. The fourth-order valence-corrected chi connectivity index (χ4v) is 3.05. The molecule has 0 N–H and O–H groups in total. The minimum Gasteiger partial charge on any atom is -0.198 e. The highest BCUT2D eigenvalue weighted by atomic mass is 14.2. The summed E-state index contributed by atoms with van der Waals surface area (Å²) in [5.41, 5.74) is 0. The highest BCUT2D eigenvalue weighted by Crippen LogP contribution is 2.19. The summed E-state index contributed by atoms with van der Waals surface area (Å²) < 4.78 is 0. The van der Waals surface area contributed by atoms with Gasteiger partial charge in [0, 0.05) is 19.3 Å². The Labute approximate surface area is 143 Å². The number of hydrogen-bond donors (Lipinski definition) is 0. The van der Waals surface area contributed by atoms with Crippen LogP contribution in [0.25, 0.3) is 0 Å². The maximum atomic E-state index is 8.57. The molecule has 0 radical (unpaired) electrons. The van der Waals surface area contributed by atoms with Gasteiger partial charge in [-0.05, 0) is 19.3 Å². The average Bonchev–Trinajstić information content (AvgIpc) is 2.56. The number of hydrogen-bond acceptors (Lipinski definition) is 3. The summed E-state index contributed by atoms with van der Waals surface area (Å²) in [6.07, 6.45) is 17.7. The minimum absolute atomic E-state index is 0.692. The van der Waals surface area contributed by atoms with Crippen molar-refractivity contribution in [2.24, 2.45) is 0 Å². The van der Waals surface area contributed by atoms with Crippen LogP contribution in [0.4, 0.5) is 0 Å². The first-order valence-corrected chi connectivity index (χ1v) is 9.46. The van der Waals surface area contributed by atoms with E-state index >= 15 is 0 Å². The Morgan fingerprint density at radius 1 is 0.435 bits per heavy atom. The van der Waals surface area contributed by atoms with Crippen molar-refractivity contribution in [2.75, 3.05) is 0 Å². The largest absolute Gasteiger partial charge is 0.198 e. The SMILES string of the molecule is N#CCCCCCCB(CCCCCC#N)CCCCCC#N. The molecule has 3 nitrogen and oxygen atoms in total. The van der Waals surface area contributed by atoms with Gasteiger partial charge in [-0.1, -0.05) is 63.9 Å². The van der Waals surface area contributed by atoms with Crippen molar-refractivity contribution in [2.45, 2.75) is 102 Å². The van der Waals surface area contributed by atoms with Crippen molar-refractivity contribution in [1.29, 1.82) is 15.8 Å². The zero-order chi connectivity index (χ0) is 17.0. The molecule has 23 heavy (non-hydrogen) atoms. The van der Waals surface area contributed by atoms with Crippen LogP contribution >= 0.6 is 0 Å². The number of nitriles is 3. The zero-order valence-corrected chi connectivity index (χ0v) is 14.7. The van der Waals surface area contributed by atoms with Gasteiger partial charge in [-0.3, -0.25) is 0 Å². The first-order chi connectivity index (χ1) is 11.3. The monoisotopic (exact) mass is 313 g/mol. The summed E-state index contributed by atoms with van der Waals surface area (Å²) in [5.74, 6) is 0. The summed E-state index contributed by atoms with van der Waals surface area (Å²) in [6, 6.07) is 6.65. The highest BCUT2D eigenvalue weighted by molar-refractivity contribution is 6.58. The normalized spacial score (nSPS) is 9.78. The molecule has 0 aliphatic rings. The summed E-state index contributed by atoms with van der Waals surface area (Å²) in [5, 5.41) is 25.7. The molecule has 126 valence electrons. The fourth-order valence-electron chi connectivity index (χ4n) is 3.05. The molecule has 0 amide bonds. The van der Waals surface area contributed by atoms with Gasteiger partial charge in [0.1, 0.15) is 6.71 Å². The van der Waals surface area contributed by atoms with E-state index in [4.69, 9.17) is 15.8 Å². The molecule has 0 heterocycles. The lowest BCUT2D eigenvalue weighted by Gasteiger charge is -2.13. The Kier molecular flexibility index (Phi) is 17.4.